The van der Waals surface area contributed by atoms with Crippen molar-refractivity contribution >= 4 is 28.6 Å². The first-order chi connectivity index (χ1) is 13.3. The molecule has 8 heteroatoms. The topological polar surface area (TPSA) is 125 Å². The predicted molar refractivity (Wildman–Crippen MR) is 103 cm³/mol. The molecule has 0 amide bonds. The number of carbonyl (C=O) groups is 3. The number of hydrogen-bond acceptors (Lipinski definition) is 4. The van der Waals surface area contributed by atoms with Gasteiger partial charge in [-0.15, -0.1) is 0 Å². The normalized spacial score (nSPS) is 10.6. The molecule has 0 aliphatic carbocycles. The molecule has 3 N–H and O–H groups in total. The zero-order chi connectivity index (χ0) is 20.7. The van der Waals surface area contributed by atoms with E-state index in [-0.39, 0.29) is 5.78 Å². The number of H-pyrrole nitrogens is 1. The number of fused-ring (bicyclic) bond motifs is 1. The van der Waals surface area contributed by atoms with Gasteiger partial charge in [0, 0.05) is 42.2 Å². The number of carboxylic acids is 2. The fourth-order valence-electron chi connectivity index (χ4n) is 2.70. The minimum Gasteiger partial charge on any atom is -0.478 e. The Bertz CT molecular complexity index is 1010. The minimum atomic E-state index is -1.26. The maximum Gasteiger partial charge on any atom is 0.328 e. The van der Waals surface area contributed by atoms with E-state index in [0.29, 0.717) is 25.0 Å². The van der Waals surface area contributed by atoms with Gasteiger partial charge >= 0.3 is 11.9 Å². The molecule has 0 aliphatic rings. The largest absolute Gasteiger partial charge is 0.478 e. The van der Waals surface area contributed by atoms with Crippen molar-refractivity contribution in [3.05, 3.63) is 65.9 Å². The molecule has 0 spiro atoms. The van der Waals surface area contributed by atoms with Crippen LogP contribution in [0.5, 0.6) is 0 Å². The van der Waals surface area contributed by atoms with Crippen LogP contribution in [0.25, 0.3) is 10.9 Å². The van der Waals surface area contributed by atoms with Crippen LogP contribution in [-0.2, 0) is 23.1 Å². The number of aliphatic carboxylic acids is 2. The third kappa shape index (κ3) is 5.41. The SMILES string of the molecule is Cc1[nH]cnc1CCC(=O)c1cc2ccccc2n1C.O=C(O)C=CC(=O)O. The van der Waals surface area contributed by atoms with Crippen LogP contribution in [0, 0.1) is 6.92 Å². The Labute approximate surface area is 161 Å². The number of benzene rings is 1. The number of ketones is 1. The van der Waals surface area contributed by atoms with Crippen LogP contribution in [-0.4, -0.2) is 42.5 Å². The van der Waals surface area contributed by atoms with Gasteiger partial charge in [-0.3, -0.25) is 4.79 Å². The molecule has 0 saturated heterocycles. The Hall–Kier alpha value is -3.68. The highest BCUT2D eigenvalue weighted by atomic mass is 16.4. The van der Waals surface area contributed by atoms with Crippen molar-refractivity contribution < 1.29 is 24.6 Å². The molecular weight excluding hydrogens is 362 g/mol. The van der Waals surface area contributed by atoms with Crippen molar-refractivity contribution in [3.63, 3.8) is 0 Å². The van der Waals surface area contributed by atoms with Crippen LogP contribution in [0.1, 0.15) is 28.3 Å². The van der Waals surface area contributed by atoms with E-state index in [0.717, 1.165) is 28.0 Å². The van der Waals surface area contributed by atoms with Gasteiger partial charge < -0.3 is 19.8 Å². The lowest BCUT2D eigenvalue weighted by atomic mass is 10.1. The lowest BCUT2D eigenvalue weighted by Crippen LogP contribution is -2.07. The van der Waals surface area contributed by atoms with E-state index in [1.54, 1.807) is 6.33 Å². The Morgan fingerprint density at radius 2 is 1.79 bits per heavy atom. The van der Waals surface area contributed by atoms with Gasteiger partial charge in [-0.1, -0.05) is 18.2 Å². The van der Waals surface area contributed by atoms with Crippen LogP contribution in [0.2, 0.25) is 0 Å². The average molecular weight is 383 g/mol. The Morgan fingerprint density at radius 1 is 1.14 bits per heavy atom. The molecule has 0 atom stereocenters. The summed E-state index contributed by atoms with van der Waals surface area (Å²) in [4.78, 5) is 38.8. The predicted octanol–water partition coefficient (Wildman–Crippen LogP) is 2.74. The number of para-hydroxylation sites is 1. The highest BCUT2D eigenvalue weighted by Crippen LogP contribution is 2.20. The first-order valence-corrected chi connectivity index (χ1v) is 8.50. The number of Topliss-reactive ketones (excluding diaryl/α,β-unsaturated/α-hetero) is 1. The van der Waals surface area contributed by atoms with Gasteiger partial charge in [0.15, 0.2) is 5.78 Å². The monoisotopic (exact) mass is 383 g/mol. The number of aryl methyl sites for hydroxylation is 3. The summed E-state index contributed by atoms with van der Waals surface area (Å²) in [6, 6.07) is 10.0. The molecular formula is C20H21N3O5. The average Bonchev–Trinajstić information content (AvgIpc) is 3.22. The number of carboxylic acid groups (broad SMARTS) is 2. The van der Waals surface area contributed by atoms with Crippen LogP contribution < -0.4 is 0 Å². The number of carbonyl (C=O) groups excluding carboxylic acids is 1. The van der Waals surface area contributed by atoms with Crippen molar-refractivity contribution in [3.8, 4) is 0 Å². The first-order valence-electron chi connectivity index (χ1n) is 8.50. The maximum atomic E-state index is 12.4. The van der Waals surface area contributed by atoms with E-state index in [2.05, 4.69) is 9.97 Å². The lowest BCUT2D eigenvalue weighted by molar-refractivity contribution is -0.134. The van der Waals surface area contributed by atoms with E-state index < -0.39 is 11.9 Å². The Kier molecular flexibility index (Phi) is 6.86. The van der Waals surface area contributed by atoms with E-state index >= 15 is 0 Å². The van der Waals surface area contributed by atoms with Crippen molar-refractivity contribution in [2.45, 2.75) is 19.8 Å². The second kappa shape index (κ2) is 9.31. The van der Waals surface area contributed by atoms with Crippen LogP contribution in [0.15, 0.2) is 48.8 Å². The molecule has 0 radical (unpaired) electrons. The van der Waals surface area contributed by atoms with Gasteiger partial charge in [-0.25, -0.2) is 14.6 Å². The fraction of sp³-hybridized carbons (Fsp3) is 0.200. The Morgan fingerprint density at radius 3 is 2.32 bits per heavy atom. The van der Waals surface area contributed by atoms with Gasteiger partial charge in [-0.2, -0.15) is 0 Å². The zero-order valence-electron chi connectivity index (χ0n) is 15.5. The number of aromatic amines is 1. The second-order valence-corrected chi connectivity index (χ2v) is 6.05. The summed E-state index contributed by atoms with van der Waals surface area (Å²) in [5.41, 5.74) is 3.86. The number of nitrogens with zero attached hydrogens (tertiary/aromatic N) is 2. The van der Waals surface area contributed by atoms with E-state index in [1.807, 2.05) is 48.9 Å². The van der Waals surface area contributed by atoms with Gasteiger partial charge in [0.05, 0.1) is 17.7 Å². The van der Waals surface area contributed by atoms with Crippen molar-refractivity contribution in [1.29, 1.82) is 0 Å². The van der Waals surface area contributed by atoms with Gasteiger partial charge in [0.1, 0.15) is 0 Å². The van der Waals surface area contributed by atoms with E-state index in [9.17, 15) is 14.4 Å². The maximum absolute atomic E-state index is 12.4. The molecule has 3 aromatic rings. The van der Waals surface area contributed by atoms with Crippen molar-refractivity contribution in [1.82, 2.24) is 14.5 Å². The molecule has 28 heavy (non-hydrogen) atoms. The lowest BCUT2D eigenvalue weighted by Gasteiger charge is -2.03. The highest BCUT2D eigenvalue weighted by molar-refractivity contribution is 6.00. The van der Waals surface area contributed by atoms with Gasteiger partial charge in [0.2, 0.25) is 0 Å². The summed E-state index contributed by atoms with van der Waals surface area (Å²) in [5.74, 6) is -2.36. The summed E-state index contributed by atoms with van der Waals surface area (Å²) in [6.45, 7) is 1.98. The second-order valence-electron chi connectivity index (χ2n) is 6.05. The molecule has 2 heterocycles. The third-order valence-electron chi connectivity index (χ3n) is 4.13. The van der Waals surface area contributed by atoms with Crippen LogP contribution in [0.4, 0.5) is 0 Å². The number of imidazole rings is 1. The molecule has 0 aliphatic heterocycles. The van der Waals surface area contributed by atoms with Crippen LogP contribution in [0.3, 0.4) is 0 Å². The van der Waals surface area contributed by atoms with Crippen molar-refractivity contribution in [2.24, 2.45) is 7.05 Å². The molecule has 3 rings (SSSR count). The highest BCUT2D eigenvalue weighted by Gasteiger charge is 2.14. The van der Waals surface area contributed by atoms with Crippen LogP contribution >= 0.6 is 0 Å². The molecule has 0 saturated carbocycles. The number of rotatable bonds is 6. The molecule has 8 nitrogen and oxygen atoms in total. The fourth-order valence-corrected chi connectivity index (χ4v) is 2.70. The summed E-state index contributed by atoms with van der Waals surface area (Å²) >= 11 is 0. The molecule has 1 aromatic carbocycles. The smallest absolute Gasteiger partial charge is 0.328 e. The Balaban J connectivity index is 0.000000300. The summed E-state index contributed by atoms with van der Waals surface area (Å²) in [6.07, 6.45) is 3.95. The quantitative estimate of drug-likeness (QED) is 0.444. The van der Waals surface area contributed by atoms with Gasteiger partial charge in [0.25, 0.3) is 0 Å². The number of aromatic nitrogens is 3. The van der Waals surface area contributed by atoms with Crippen molar-refractivity contribution in [2.75, 3.05) is 0 Å². The molecule has 2 aromatic heterocycles. The third-order valence-corrected chi connectivity index (χ3v) is 4.13. The van der Waals surface area contributed by atoms with Gasteiger partial charge in [-0.05, 0) is 25.5 Å². The van der Waals surface area contributed by atoms with E-state index in [4.69, 9.17) is 10.2 Å². The summed E-state index contributed by atoms with van der Waals surface area (Å²) in [5, 5.41) is 16.7. The summed E-state index contributed by atoms with van der Waals surface area (Å²) in [7, 11) is 1.94. The standard InChI is InChI=1S/C16H17N3O.C4H4O4/c1-11-13(18-10-17-11)7-8-16(20)15-9-12-5-3-4-6-14(12)19(15)2;5-3(6)1-2-4(7)8/h3-6,9-10H,7-8H2,1-2H3,(H,17,18);1-2H,(H,5,6)(H,7,8). The zero-order valence-corrected chi connectivity index (χ0v) is 15.5. The molecule has 146 valence electrons. The molecule has 0 fully saturated rings. The summed E-state index contributed by atoms with van der Waals surface area (Å²) < 4.78 is 1.97. The number of hydrogen-bond donors (Lipinski definition) is 3. The first kappa shape index (κ1) is 20.6. The van der Waals surface area contributed by atoms with E-state index in [1.165, 1.54) is 0 Å². The molecule has 0 unspecified atom stereocenters. The number of nitrogens with one attached hydrogen (secondary N) is 1. The molecule has 0 bridgehead atoms. The minimum absolute atomic E-state index is 0.158.